The summed E-state index contributed by atoms with van der Waals surface area (Å²) in [6.45, 7) is 3.97. The second-order valence-electron chi connectivity index (χ2n) is 10.00. The molecule has 2 heterocycles. The summed E-state index contributed by atoms with van der Waals surface area (Å²) >= 11 is 0. The molecule has 2 N–H and O–H groups in total. The van der Waals surface area contributed by atoms with Crippen LogP contribution in [0, 0.1) is 23.6 Å². The number of benzene rings is 2. The van der Waals surface area contributed by atoms with Crippen molar-refractivity contribution in [2.24, 2.45) is 5.92 Å². The van der Waals surface area contributed by atoms with E-state index in [1.54, 1.807) is 68.4 Å². The number of nitrogens with zero attached hydrogens (tertiary/aromatic N) is 3. The molecular formula is C31H33FN4O5. The molecule has 3 atom stereocenters. The van der Waals surface area contributed by atoms with Crippen LogP contribution < -0.4 is 14.8 Å². The standard InChI is InChI=1S/C31H33FN4O5/c1-20-17-36(21(2)19-37)30(38)27-14-23(9-8-22-10-12-24(32)13-11-22)16-33-29(27)41-28(20)18-35(3)31(39)34-25-6-5-7-26(15-25)40-4/h5-7,10-16,20-21,28,37H,17-19H2,1-4H3,(H,34,39)/t20-,21+,28+/m0/s1. The number of methoxy groups -OCH3 is 1. The van der Waals surface area contributed by atoms with E-state index in [0.29, 0.717) is 29.1 Å². The molecule has 0 radical (unpaired) electrons. The molecule has 4 rings (SSSR count). The minimum absolute atomic E-state index is 0.121. The third-order valence-corrected chi connectivity index (χ3v) is 6.84. The summed E-state index contributed by atoms with van der Waals surface area (Å²) in [5.41, 5.74) is 1.88. The van der Waals surface area contributed by atoms with Gasteiger partial charge in [-0.05, 0) is 49.4 Å². The van der Waals surface area contributed by atoms with Crippen molar-refractivity contribution in [1.29, 1.82) is 0 Å². The predicted octanol–water partition coefficient (Wildman–Crippen LogP) is 4.01. The number of nitrogens with one attached hydrogen (secondary N) is 1. The fourth-order valence-corrected chi connectivity index (χ4v) is 4.34. The van der Waals surface area contributed by atoms with Gasteiger partial charge in [0.25, 0.3) is 5.91 Å². The maximum atomic E-state index is 13.6. The van der Waals surface area contributed by atoms with E-state index in [1.165, 1.54) is 23.2 Å². The maximum absolute atomic E-state index is 13.6. The predicted molar refractivity (Wildman–Crippen MR) is 152 cm³/mol. The number of amides is 3. The maximum Gasteiger partial charge on any atom is 0.321 e. The lowest BCUT2D eigenvalue weighted by molar-refractivity contribution is 0.0356. The van der Waals surface area contributed by atoms with Crippen molar-refractivity contribution >= 4 is 17.6 Å². The highest BCUT2D eigenvalue weighted by Gasteiger charge is 2.34. The Morgan fingerprint density at radius 3 is 2.68 bits per heavy atom. The van der Waals surface area contributed by atoms with Crippen LogP contribution in [0.4, 0.5) is 14.9 Å². The second kappa shape index (κ2) is 13.2. The number of carbonyl (C=O) groups is 2. The third-order valence-electron chi connectivity index (χ3n) is 6.84. The van der Waals surface area contributed by atoms with Crippen molar-refractivity contribution in [3.05, 3.63) is 83.3 Å². The molecule has 0 fully saturated rings. The van der Waals surface area contributed by atoms with Gasteiger partial charge in [0.1, 0.15) is 23.2 Å². The van der Waals surface area contributed by atoms with Gasteiger partial charge in [0, 0.05) is 48.6 Å². The molecule has 1 aliphatic heterocycles. The van der Waals surface area contributed by atoms with Crippen molar-refractivity contribution in [2.75, 3.05) is 39.2 Å². The van der Waals surface area contributed by atoms with E-state index in [1.807, 2.05) is 6.92 Å². The molecule has 214 valence electrons. The van der Waals surface area contributed by atoms with Crippen LogP contribution in [0.25, 0.3) is 0 Å². The van der Waals surface area contributed by atoms with Crippen molar-refractivity contribution < 1.29 is 28.6 Å². The second-order valence-corrected chi connectivity index (χ2v) is 10.00. The van der Waals surface area contributed by atoms with Gasteiger partial charge >= 0.3 is 6.03 Å². The number of halogens is 1. The first kappa shape index (κ1) is 29.4. The van der Waals surface area contributed by atoms with Gasteiger partial charge in [-0.25, -0.2) is 14.2 Å². The van der Waals surface area contributed by atoms with Crippen molar-refractivity contribution in [3.63, 3.8) is 0 Å². The van der Waals surface area contributed by atoms with E-state index in [2.05, 4.69) is 22.1 Å². The minimum Gasteiger partial charge on any atom is -0.497 e. The van der Waals surface area contributed by atoms with Crippen LogP contribution in [0.1, 0.15) is 35.3 Å². The molecule has 0 bridgehead atoms. The fraction of sp³-hybridized carbons (Fsp3) is 0.323. The first-order valence-corrected chi connectivity index (χ1v) is 13.2. The van der Waals surface area contributed by atoms with Gasteiger partial charge in [-0.2, -0.15) is 0 Å². The Morgan fingerprint density at radius 2 is 1.98 bits per heavy atom. The topological polar surface area (TPSA) is 104 Å². The first-order valence-electron chi connectivity index (χ1n) is 13.2. The third kappa shape index (κ3) is 7.32. The molecule has 2 aromatic carbocycles. The number of aliphatic hydroxyl groups is 1. The molecule has 41 heavy (non-hydrogen) atoms. The van der Waals surface area contributed by atoms with Crippen LogP contribution >= 0.6 is 0 Å². The Hall–Kier alpha value is -4.62. The molecule has 10 heteroatoms. The van der Waals surface area contributed by atoms with Crippen LogP contribution in [0.2, 0.25) is 0 Å². The largest absolute Gasteiger partial charge is 0.497 e. The highest BCUT2D eigenvalue weighted by Crippen LogP contribution is 2.27. The summed E-state index contributed by atoms with van der Waals surface area (Å²) in [6.07, 6.45) is 0.991. The van der Waals surface area contributed by atoms with Crippen molar-refractivity contribution in [2.45, 2.75) is 26.0 Å². The fourth-order valence-electron chi connectivity index (χ4n) is 4.34. The Balaban J connectivity index is 1.59. The number of urea groups is 1. The first-order chi connectivity index (χ1) is 19.7. The Kier molecular flexibility index (Phi) is 9.42. The summed E-state index contributed by atoms with van der Waals surface area (Å²) in [6, 6.07) is 13.6. The zero-order valence-corrected chi connectivity index (χ0v) is 23.4. The van der Waals surface area contributed by atoms with Gasteiger partial charge in [0.05, 0.1) is 26.3 Å². The monoisotopic (exact) mass is 560 g/mol. The van der Waals surface area contributed by atoms with E-state index >= 15 is 0 Å². The van der Waals surface area contributed by atoms with Crippen LogP contribution in [0.3, 0.4) is 0 Å². The molecular weight excluding hydrogens is 527 g/mol. The normalized spacial score (nSPS) is 17.1. The number of ether oxygens (including phenoxy) is 2. The number of pyridine rings is 1. The lowest BCUT2D eigenvalue weighted by Gasteiger charge is -2.37. The summed E-state index contributed by atoms with van der Waals surface area (Å²) in [5.74, 6) is 5.75. The Labute approximate surface area is 238 Å². The smallest absolute Gasteiger partial charge is 0.321 e. The Bertz CT molecular complexity index is 1450. The van der Waals surface area contributed by atoms with Crippen LogP contribution in [0.5, 0.6) is 11.6 Å². The molecule has 1 aromatic heterocycles. The number of carbonyl (C=O) groups excluding carboxylic acids is 2. The van der Waals surface area contributed by atoms with E-state index in [-0.39, 0.29) is 48.3 Å². The SMILES string of the molecule is COc1cccc(NC(=O)N(C)C[C@H]2Oc3ncc(C#Cc4ccc(F)cc4)cc3C(=O)N([C@H](C)CO)C[C@@H]2C)c1. The van der Waals surface area contributed by atoms with Gasteiger partial charge in [-0.3, -0.25) is 4.79 Å². The number of anilines is 1. The number of aromatic nitrogens is 1. The molecule has 0 saturated heterocycles. The lowest BCUT2D eigenvalue weighted by Crippen LogP contribution is -2.50. The summed E-state index contributed by atoms with van der Waals surface area (Å²) in [5, 5.41) is 12.7. The molecule has 0 aliphatic carbocycles. The minimum atomic E-state index is -0.514. The van der Waals surface area contributed by atoms with E-state index < -0.39 is 12.1 Å². The van der Waals surface area contributed by atoms with Crippen molar-refractivity contribution in [1.82, 2.24) is 14.8 Å². The highest BCUT2D eigenvalue weighted by molar-refractivity contribution is 5.97. The molecule has 1 aliphatic rings. The van der Waals surface area contributed by atoms with E-state index in [9.17, 15) is 19.1 Å². The number of aliphatic hydroxyl groups excluding tert-OH is 1. The van der Waals surface area contributed by atoms with Crippen LogP contribution in [-0.2, 0) is 0 Å². The Morgan fingerprint density at radius 1 is 1.24 bits per heavy atom. The van der Waals surface area contributed by atoms with Gasteiger partial charge in [0.2, 0.25) is 5.88 Å². The molecule has 0 unspecified atom stereocenters. The lowest BCUT2D eigenvalue weighted by atomic mass is 10.00. The summed E-state index contributed by atoms with van der Waals surface area (Å²) in [4.78, 5) is 34.1. The van der Waals surface area contributed by atoms with Crippen LogP contribution in [-0.4, -0.2) is 77.8 Å². The average Bonchev–Trinajstić information content (AvgIpc) is 2.98. The summed E-state index contributed by atoms with van der Waals surface area (Å²) < 4.78 is 24.7. The molecule has 0 saturated carbocycles. The molecule has 0 spiro atoms. The van der Waals surface area contributed by atoms with Gasteiger partial charge < -0.3 is 29.7 Å². The zero-order chi connectivity index (χ0) is 29.5. The van der Waals surface area contributed by atoms with Gasteiger partial charge in [-0.1, -0.05) is 24.8 Å². The van der Waals surface area contributed by atoms with Gasteiger partial charge in [0.15, 0.2) is 0 Å². The number of hydrogen-bond donors (Lipinski definition) is 2. The zero-order valence-electron chi connectivity index (χ0n) is 23.4. The number of fused-ring (bicyclic) bond motifs is 1. The molecule has 9 nitrogen and oxygen atoms in total. The van der Waals surface area contributed by atoms with Crippen molar-refractivity contribution in [3.8, 4) is 23.5 Å². The number of rotatable bonds is 6. The average molecular weight is 561 g/mol. The van der Waals surface area contributed by atoms with Crippen LogP contribution in [0.15, 0.2) is 60.8 Å². The highest BCUT2D eigenvalue weighted by atomic mass is 19.1. The number of hydrogen-bond acceptors (Lipinski definition) is 6. The number of likely N-dealkylation sites (N-methyl/N-ethyl adjacent to an activating group) is 1. The van der Waals surface area contributed by atoms with E-state index in [0.717, 1.165) is 0 Å². The van der Waals surface area contributed by atoms with E-state index in [4.69, 9.17) is 9.47 Å². The molecule has 3 amide bonds. The van der Waals surface area contributed by atoms with Gasteiger partial charge in [-0.15, -0.1) is 0 Å². The quantitative estimate of drug-likeness (QED) is 0.442. The molecule has 3 aromatic rings. The summed E-state index contributed by atoms with van der Waals surface area (Å²) in [7, 11) is 3.21.